The molecule has 2 aromatic carbocycles. The van der Waals surface area contributed by atoms with E-state index in [1.807, 2.05) is 12.4 Å². The topological polar surface area (TPSA) is 41.6 Å². The van der Waals surface area contributed by atoms with Gasteiger partial charge in [-0.25, -0.2) is 4.98 Å². The Morgan fingerprint density at radius 2 is 1.76 bits per heavy atom. The summed E-state index contributed by atoms with van der Waals surface area (Å²) in [4.78, 5) is 12.8. The van der Waals surface area contributed by atoms with Gasteiger partial charge in [-0.3, -0.25) is 4.98 Å². The molecule has 0 bridgehead atoms. The average molecular weight is 329 g/mol. The van der Waals surface area contributed by atoms with E-state index in [-0.39, 0.29) is 0 Å². The first-order valence-electron chi connectivity index (χ1n) is 8.93. The maximum absolute atomic E-state index is 4.87. The first-order chi connectivity index (χ1) is 12.1. The number of hydrogen-bond donors (Lipinski definition) is 1. The summed E-state index contributed by atoms with van der Waals surface area (Å²) in [6, 6.07) is 15.1. The molecule has 3 nitrogen and oxygen atoms in total. The molecule has 25 heavy (non-hydrogen) atoms. The lowest BCUT2D eigenvalue weighted by Crippen LogP contribution is -2.02. The van der Waals surface area contributed by atoms with Crippen LogP contribution in [0.4, 0.5) is 0 Å². The second-order valence-corrected chi connectivity index (χ2v) is 7.19. The molecule has 0 saturated carbocycles. The van der Waals surface area contributed by atoms with E-state index < -0.39 is 0 Å². The van der Waals surface area contributed by atoms with Crippen LogP contribution in [0.2, 0.25) is 0 Å². The normalized spacial score (nSPS) is 13.0. The lowest BCUT2D eigenvalue weighted by molar-refractivity contribution is 0.741. The van der Waals surface area contributed by atoms with Crippen molar-refractivity contribution in [1.29, 1.82) is 0 Å². The van der Waals surface area contributed by atoms with Gasteiger partial charge in [0.05, 0.1) is 16.7 Å². The Kier molecular flexibility index (Phi) is 4.00. The minimum absolute atomic E-state index is 0.396. The number of aromatic amines is 1. The molecule has 0 fully saturated rings. The fourth-order valence-corrected chi connectivity index (χ4v) is 3.33. The Bertz CT molecular complexity index is 1030. The zero-order valence-corrected chi connectivity index (χ0v) is 15.0. The van der Waals surface area contributed by atoms with Crippen LogP contribution >= 0.6 is 0 Å². The van der Waals surface area contributed by atoms with E-state index in [0.717, 1.165) is 23.1 Å². The number of rotatable bonds is 4. The van der Waals surface area contributed by atoms with Crippen LogP contribution in [-0.4, -0.2) is 15.0 Å². The third-order valence-electron chi connectivity index (χ3n) is 4.95. The molecule has 0 aliphatic rings. The zero-order chi connectivity index (χ0) is 17.4. The van der Waals surface area contributed by atoms with E-state index >= 15 is 0 Å². The van der Waals surface area contributed by atoms with Gasteiger partial charge >= 0.3 is 0 Å². The molecule has 0 amide bonds. The van der Waals surface area contributed by atoms with Crippen LogP contribution in [-0.2, 0) is 6.42 Å². The van der Waals surface area contributed by atoms with E-state index in [1.54, 1.807) is 0 Å². The molecule has 1 N–H and O–H groups in total. The number of fused-ring (bicyclic) bond motifs is 2. The highest BCUT2D eigenvalue weighted by atomic mass is 14.8. The number of benzene rings is 2. The molecule has 0 aliphatic heterocycles. The summed E-state index contributed by atoms with van der Waals surface area (Å²) < 4.78 is 0. The van der Waals surface area contributed by atoms with Crippen LogP contribution in [0.3, 0.4) is 0 Å². The monoisotopic (exact) mass is 329 g/mol. The molecule has 1 unspecified atom stereocenters. The van der Waals surface area contributed by atoms with Crippen LogP contribution in [0.25, 0.3) is 21.9 Å². The summed E-state index contributed by atoms with van der Waals surface area (Å²) in [5.41, 5.74) is 6.84. The molecular weight excluding hydrogens is 306 g/mol. The lowest BCUT2D eigenvalue weighted by Gasteiger charge is -2.12. The minimum atomic E-state index is 0.396. The van der Waals surface area contributed by atoms with Crippen molar-refractivity contribution in [2.45, 2.75) is 39.0 Å². The summed E-state index contributed by atoms with van der Waals surface area (Å²) in [7, 11) is 0. The summed E-state index contributed by atoms with van der Waals surface area (Å²) in [6.07, 6.45) is 4.79. The van der Waals surface area contributed by atoms with Crippen LogP contribution in [0.5, 0.6) is 0 Å². The Labute approximate surface area is 148 Å². The van der Waals surface area contributed by atoms with Crippen molar-refractivity contribution < 1.29 is 0 Å². The summed E-state index contributed by atoms with van der Waals surface area (Å²) in [5, 5.41) is 1.25. The molecule has 0 aliphatic carbocycles. The number of aromatic nitrogens is 3. The van der Waals surface area contributed by atoms with E-state index in [2.05, 4.69) is 73.2 Å². The second kappa shape index (κ2) is 6.32. The van der Waals surface area contributed by atoms with Gasteiger partial charge in [-0.2, -0.15) is 0 Å². The number of hydrogen-bond acceptors (Lipinski definition) is 2. The standard InChI is InChI=1S/C22H23N3/c1-14(2)17-6-7-20-22(11-17)25-19(13-24-20)10-15(3)18-5-4-16-8-9-23-21(16)12-18/h4-9,11-15,23H,10H2,1-3H3. The third-order valence-corrected chi connectivity index (χ3v) is 4.95. The van der Waals surface area contributed by atoms with Crippen LogP contribution in [0, 0.1) is 0 Å². The van der Waals surface area contributed by atoms with Crippen LogP contribution < -0.4 is 0 Å². The Morgan fingerprint density at radius 3 is 2.60 bits per heavy atom. The number of nitrogens with one attached hydrogen (secondary N) is 1. The highest BCUT2D eigenvalue weighted by Crippen LogP contribution is 2.24. The highest BCUT2D eigenvalue weighted by Gasteiger charge is 2.11. The van der Waals surface area contributed by atoms with Gasteiger partial charge in [0.2, 0.25) is 0 Å². The van der Waals surface area contributed by atoms with Crippen LogP contribution in [0.15, 0.2) is 54.9 Å². The third kappa shape index (κ3) is 3.14. The molecule has 126 valence electrons. The van der Waals surface area contributed by atoms with Gasteiger partial charge in [-0.15, -0.1) is 0 Å². The van der Waals surface area contributed by atoms with E-state index in [4.69, 9.17) is 4.98 Å². The summed E-state index contributed by atoms with van der Waals surface area (Å²) in [5.74, 6) is 0.897. The maximum Gasteiger partial charge on any atom is 0.0892 e. The minimum Gasteiger partial charge on any atom is -0.361 e. The van der Waals surface area contributed by atoms with Crippen molar-refractivity contribution in [2.75, 3.05) is 0 Å². The Hall–Kier alpha value is -2.68. The quantitative estimate of drug-likeness (QED) is 0.531. The van der Waals surface area contributed by atoms with Crippen molar-refractivity contribution in [3.63, 3.8) is 0 Å². The van der Waals surface area contributed by atoms with Gasteiger partial charge in [0, 0.05) is 17.9 Å². The zero-order valence-electron chi connectivity index (χ0n) is 15.0. The van der Waals surface area contributed by atoms with E-state index in [0.29, 0.717) is 11.8 Å². The predicted octanol–water partition coefficient (Wildman–Crippen LogP) is 5.58. The Balaban J connectivity index is 1.62. The second-order valence-electron chi connectivity index (χ2n) is 7.19. The number of nitrogens with zero attached hydrogens (tertiary/aromatic N) is 2. The molecule has 4 rings (SSSR count). The van der Waals surface area contributed by atoms with Crippen molar-refractivity contribution in [1.82, 2.24) is 15.0 Å². The van der Waals surface area contributed by atoms with Crippen LogP contribution in [0.1, 0.15) is 49.4 Å². The van der Waals surface area contributed by atoms with Gasteiger partial charge in [0.25, 0.3) is 0 Å². The van der Waals surface area contributed by atoms with Gasteiger partial charge in [-0.05, 0) is 59.0 Å². The summed E-state index contributed by atoms with van der Waals surface area (Å²) >= 11 is 0. The fraction of sp³-hybridized carbons (Fsp3) is 0.273. The van der Waals surface area contributed by atoms with Gasteiger partial charge in [0.15, 0.2) is 0 Å². The molecule has 0 radical (unpaired) electrons. The lowest BCUT2D eigenvalue weighted by atomic mass is 9.95. The van der Waals surface area contributed by atoms with Crippen molar-refractivity contribution >= 4 is 21.9 Å². The molecular formula is C22H23N3. The molecule has 2 aromatic heterocycles. The smallest absolute Gasteiger partial charge is 0.0892 e. The SMILES string of the molecule is CC(C)c1ccc2ncc(CC(C)c3ccc4cc[nH]c4c3)nc2c1. The molecule has 2 heterocycles. The summed E-state index contributed by atoms with van der Waals surface area (Å²) in [6.45, 7) is 6.66. The first-order valence-corrected chi connectivity index (χ1v) is 8.93. The molecule has 3 heteroatoms. The molecule has 0 spiro atoms. The average Bonchev–Trinajstić information content (AvgIpc) is 3.08. The van der Waals surface area contributed by atoms with Crippen molar-refractivity contribution in [3.05, 3.63) is 71.7 Å². The van der Waals surface area contributed by atoms with E-state index in [9.17, 15) is 0 Å². The highest BCUT2D eigenvalue weighted by molar-refractivity contribution is 5.80. The van der Waals surface area contributed by atoms with E-state index in [1.165, 1.54) is 22.0 Å². The van der Waals surface area contributed by atoms with Gasteiger partial charge < -0.3 is 4.98 Å². The first kappa shape index (κ1) is 15.8. The largest absolute Gasteiger partial charge is 0.361 e. The maximum atomic E-state index is 4.87. The fourth-order valence-electron chi connectivity index (χ4n) is 3.33. The predicted molar refractivity (Wildman–Crippen MR) is 104 cm³/mol. The van der Waals surface area contributed by atoms with Crippen molar-refractivity contribution in [3.8, 4) is 0 Å². The Morgan fingerprint density at radius 1 is 0.920 bits per heavy atom. The van der Waals surface area contributed by atoms with Gasteiger partial charge in [0.1, 0.15) is 0 Å². The number of H-pyrrole nitrogens is 1. The molecule has 4 aromatic rings. The molecule has 1 atom stereocenters. The van der Waals surface area contributed by atoms with Crippen molar-refractivity contribution in [2.24, 2.45) is 0 Å². The molecule has 0 saturated heterocycles. The van der Waals surface area contributed by atoms with Gasteiger partial charge in [-0.1, -0.05) is 39.0 Å².